The molecule has 0 unspecified atom stereocenters. The van der Waals surface area contributed by atoms with Crippen molar-refractivity contribution in [2.75, 3.05) is 90.2 Å². The highest BCUT2D eigenvalue weighted by molar-refractivity contribution is 9.11. The Hall–Kier alpha value is -7.24. The van der Waals surface area contributed by atoms with Gasteiger partial charge in [0.1, 0.15) is 23.7 Å². The van der Waals surface area contributed by atoms with Crippen LogP contribution in [0.1, 0.15) is 115 Å². The minimum absolute atomic E-state index is 0.0148. The number of carbonyl (C=O) groups is 5. The van der Waals surface area contributed by atoms with Gasteiger partial charge in [-0.1, -0.05) is 134 Å². The van der Waals surface area contributed by atoms with Crippen molar-refractivity contribution in [1.82, 2.24) is 19.6 Å². The first-order chi connectivity index (χ1) is 49.3. The van der Waals surface area contributed by atoms with Gasteiger partial charge in [0, 0.05) is 121 Å². The molecule has 3 saturated heterocycles. The minimum atomic E-state index is -2.95. The number of ether oxygens (including phenoxy) is 6. The van der Waals surface area contributed by atoms with Crippen LogP contribution in [0.15, 0.2) is 182 Å². The number of carbonyl (C=O) groups excluding carboxylic acids is 5. The Morgan fingerprint density at radius 1 is 0.539 bits per heavy atom. The van der Waals surface area contributed by atoms with E-state index in [4.69, 9.17) is 35.7 Å². The summed E-state index contributed by atoms with van der Waals surface area (Å²) in [7, 11) is 1.38. The van der Waals surface area contributed by atoms with E-state index in [9.17, 15) is 41.5 Å². The number of alkyl halides is 6. The Morgan fingerprint density at radius 3 is 1.50 bits per heavy atom. The highest BCUT2D eigenvalue weighted by Gasteiger charge is 2.47. The number of anilines is 1. The summed E-state index contributed by atoms with van der Waals surface area (Å²) in [6.07, 6.45) is -1.18. The molecule has 8 aromatic rings. The van der Waals surface area contributed by atoms with Gasteiger partial charge in [0.25, 0.3) is 23.6 Å². The van der Waals surface area contributed by atoms with E-state index in [1.54, 1.807) is 68.1 Å². The number of hydrogen-bond acceptors (Lipinski definition) is 13. The Labute approximate surface area is 633 Å². The Bertz CT molecular complexity index is 4300. The highest BCUT2D eigenvalue weighted by atomic mass is 79.9. The molecule has 4 atom stereocenters. The second-order valence-electron chi connectivity index (χ2n) is 23.9. The first-order valence-electron chi connectivity index (χ1n) is 32.3. The van der Waals surface area contributed by atoms with Crippen LogP contribution in [0.3, 0.4) is 0 Å². The lowest BCUT2D eigenvalue weighted by molar-refractivity contribution is -0.0693. The van der Waals surface area contributed by atoms with Gasteiger partial charge in [-0.3, -0.25) is 19.2 Å². The summed E-state index contributed by atoms with van der Waals surface area (Å²) in [5.41, 5.74) is 12.3. The van der Waals surface area contributed by atoms with Crippen LogP contribution in [0.5, 0.6) is 11.5 Å². The number of fused-ring (bicyclic) bond motifs is 8. The number of aliphatic hydroxyl groups excluding tert-OH is 1. The third-order valence-corrected chi connectivity index (χ3v) is 20.6. The largest absolute Gasteiger partial charge is 0.465 e. The van der Waals surface area contributed by atoms with Crippen molar-refractivity contribution in [3.63, 3.8) is 0 Å². The number of esters is 1. The number of morpholine rings is 3. The van der Waals surface area contributed by atoms with Gasteiger partial charge in [-0.05, 0) is 148 Å². The van der Waals surface area contributed by atoms with Gasteiger partial charge in [-0.15, -0.1) is 11.6 Å². The van der Waals surface area contributed by atoms with Gasteiger partial charge >= 0.3 is 19.2 Å². The molecular weight excluding hydrogens is 1670 g/mol. The van der Waals surface area contributed by atoms with Crippen molar-refractivity contribution in [2.45, 2.75) is 55.9 Å². The zero-order valence-electron chi connectivity index (χ0n) is 54.6. The number of hydrogen-bond donors (Lipinski definition) is 1. The summed E-state index contributed by atoms with van der Waals surface area (Å²) in [6.45, 7) is 1.22. The Morgan fingerprint density at radius 2 is 1.00 bits per heavy atom. The molecule has 15 rings (SSSR count). The fourth-order valence-corrected chi connectivity index (χ4v) is 15.5. The molecule has 7 aliphatic heterocycles. The molecule has 102 heavy (non-hydrogen) atoms. The van der Waals surface area contributed by atoms with E-state index in [1.165, 1.54) is 19.2 Å². The zero-order chi connectivity index (χ0) is 72.3. The van der Waals surface area contributed by atoms with E-state index >= 15 is 0 Å². The van der Waals surface area contributed by atoms with E-state index in [0.29, 0.717) is 91.5 Å². The molecular formula is C75H67Br5ClF4N5O12. The molecule has 0 saturated carbocycles. The van der Waals surface area contributed by atoms with Crippen LogP contribution in [-0.2, 0) is 37.4 Å². The molecule has 0 aliphatic carbocycles. The van der Waals surface area contributed by atoms with E-state index in [0.717, 1.165) is 100.0 Å². The lowest BCUT2D eigenvalue weighted by atomic mass is 9.91. The number of para-hydroxylation sites is 2. The van der Waals surface area contributed by atoms with Crippen LogP contribution in [0.2, 0.25) is 0 Å². The summed E-state index contributed by atoms with van der Waals surface area (Å²) in [5.74, 6) is 0.297. The molecule has 7 aliphatic rings. The lowest BCUT2D eigenvalue weighted by Gasteiger charge is -2.37. The van der Waals surface area contributed by atoms with Gasteiger partial charge in [0.15, 0.2) is 0 Å². The quantitative estimate of drug-likeness (QED) is 0.0618. The third kappa shape index (κ3) is 17.4. The topological polar surface area (TPSA) is 177 Å². The van der Waals surface area contributed by atoms with Crippen LogP contribution in [0.25, 0.3) is 11.1 Å². The first kappa shape index (κ1) is 75.9. The number of β-amino-alcohol motifs (C(OH)–C–C–N with tert-alkyl or cyclic N) is 1. The SMILES string of the molecule is COC(=O)c1ccc(Br)cc1CBr.O=C1c2ccc(-c3ccc(N4CCOCC4)cc3)cc2[C@H]2[C@H](c3ccccc3OC(F)F)OCCN12.O=C1c2ccc(Br)cc2CN1CCCl.O=C1c2ccc(Br)cc2CN1CCO.O=C1c2ccc(Br)cc2[C@H]2[C@H](c3ccccc3OC(F)F)OCCN12. The fourth-order valence-electron chi connectivity index (χ4n) is 13.2. The average Bonchev–Trinajstić information content (AvgIpc) is 1.61. The summed E-state index contributed by atoms with van der Waals surface area (Å²) in [6, 6.07) is 48.9. The van der Waals surface area contributed by atoms with Gasteiger partial charge in [0.2, 0.25) is 0 Å². The number of rotatable bonds is 14. The number of amides is 4. The predicted molar refractivity (Wildman–Crippen MR) is 394 cm³/mol. The van der Waals surface area contributed by atoms with Crippen LogP contribution in [0, 0.1) is 0 Å². The third-order valence-electron chi connectivity index (χ3n) is 17.9. The first-order valence-corrected chi connectivity index (χ1v) is 37.2. The average molecular weight is 1740 g/mol. The van der Waals surface area contributed by atoms with Crippen molar-refractivity contribution in [3.8, 4) is 22.6 Å². The molecule has 3 fully saturated rings. The van der Waals surface area contributed by atoms with Crippen molar-refractivity contribution in [3.05, 3.63) is 248 Å². The van der Waals surface area contributed by atoms with Gasteiger partial charge in [-0.25, -0.2) is 4.79 Å². The molecule has 0 radical (unpaired) electrons. The smallest absolute Gasteiger partial charge is 0.387 e. The maximum atomic E-state index is 13.2. The van der Waals surface area contributed by atoms with Gasteiger partial charge < -0.3 is 58.0 Å². The molecule has 1 N–H and O–H groups in total. The summed E-state index contributed by atoms with van der Waals surface area (Å²) >= 11 is 22.4. The number of nitrogens with zero attached hydrogens (tertiary/aromatic N) is 5. The zero-order valence-corrected chi connectivity index (χ0v) is 63.3. The summed E-state index contributed by atoms with van der Waals surface area (Å²) < 4.78 is 87.0. The van der Waals surface area contributed by atoms with Crippen LogP contribution < -0.4 is 14.4 Å². The number of halogens is 10. The maximum absolute atomic E-state index is 13.2. The number of benzene rings is 8. The van der Waals surface area contributed by atoms with Crippen molar-refractivity contribution in [1.29, 1.82) is 0 Å². The van der Waals surface area contributed by atoms with Crippen molar-refractivity contribution >= 4 is 127 Å². The monoisotopic (exact) mass is 1740 g/mol. The molecule has 0 bridgehead atoms. The number of methoxy groups -OCH3 is 1. The van der Waals surface area contributed by atoms with E-state index in [-0.39, 0.29) is 53.7 Å². The van der Waals surface area contributed by atoms with E-state index in [2.05, 4.69) is 118 Å². The second kappa shape index (κ2) is 35.0. The predicted octanol–water partition coefficient (Wildman–Crippen LogP) is 16.6. The minimum Gasteiger partial charge on any atom is -0.465 e. The normalized spacial score (nSPS) is 18.3. The van der Waals surface area contributed by atoms with Crippen LogP contribution in [0.4, 0.5) is 23.2 Å². The van der Waals surface area contributed by atoms with Crippen LogP contribution >= 0.6 is 91.3 Å². The second-order valence-corrected chi connectivity index (χ2v) is 28.5. The lowest BCUT2D eigenvalue weighted by Crippen LogP contribution is -2.40. The molecule has 534 valence electrons. The number of aliphatic hydroxyl groups is 1. The standard InChI is InChI=1S/C28H26F2N2O4.C18H14BrF2NO3.C10H9BrClNO.C10H10BrNO2.C9H8Br2O2/c29-28(30)36-24-4-2-1-3-22(24)26-25-23-17-19(7-10-21(23)27(33)32(25)13-16-35-26)18-5-8-20(9-6-18)31-11-14-34-15-12-31;19-10-5-6-11-13(9-10)15-16(24-8-7-22(15)17(11)23)12-3-1-2-4-14(12)25-18(20)21;11-8-1-2-9-7(5-8)6-13(4-3-12)10(9)14;11-8-1-2-9-7(5-8)6-12(3-4-13)10(9)14;1-13-9(12)8-3-2-7(11)4-6(8)5-10/h1-10,17,25-26,28H,11-16H2;1-6,9,15-16,18H,7-8H2;1-2,5H,3-4,6H2;1-2,5,13H,3-4,6H2;2-4H,5H2,1H3/t25-,26-;15-,16-;;;/m00.../s1. The van der Waals surface area contributed by atoms with Gasteiger partial charge in [-0.2, -0.15) is 17.6 Å². The molecule has 8 aromatic carbocycles. The molecule has 17 nitrogen and oxygen atoms in total. The van der Waals surface area contributed by atoms with E-state index in [1.807, 2.05) is 78.9 Å². The van der Waals surface area contributed by atoms with Crippen LogP contribution in [-0.4, -0.2) is 153 Å². The summed E-state index contributed by atoms with van der Waals surface area (Å²) in [4.78, 5) is 69.9. The van der Waals surface area contributed by atoms with E-state index < -0.39 is 31.5 Å². The van der Waals surface area contributed by atoms with Gasteiger partial charge in [0.05, 0.1) is 57.8 Å². The molecule has 0 aromatic heterocycles. The Balaban J connectivity index is 0.000000137. The molecule has 4 amide bonds. The highest BCUT2D eigenvalue weighted by Crippen LogP contribution is 2.51. The maximum Gasteiger partial charge on any atom is 0.387 e. The molecule has 7 heterocycles. The molecule has 27 heteroatoms. The summed E-state index contributed by atoms with van der Waals surface area (Å²) in [5, 5.41) is 9.41. The Kier molecular flexibility index (Phi) is 26.1. The molecule has 0 spiro atoms. The van der Waals surface area contributed by atoms with Crippen molar-refractivity contribution in [2.24, 2.45) is 0 Å². The van der Waals surface area contributed by atoms with Crippen molar-refractivity contribution < 1.29 is 75.1 Å². The fraction of sp³-hybridized carbons (Fsp3) is 0.293.